The van der Waals surface area contributed by atoms with Gasteiger partial charge in [0.1, 0.15) is 0 Å². The Morgan fingerprint density at radius 2 is 1.86 bits per heavy atom. The van der Waals surface area contributed by atoms with E-state index in [1.54, 1.807) is 0 Å². The summed E-state index contributed by atoms with van der Waals surface area (Å²) in [5.41, 5.74) is 0. The molecule has 0 aromatic carbocycles. The van der Waals surface area contributed by atoms with E-state index in [9.17, 15) is 0 Å². The molecule has 14 heavy (non-hydrogen) atoms. The normalized spacial score (nSPS) is 19.3. The molecule has 0 aromatic rings. The first-order valence-electron chi connectivity index (χ1n) is 6.00. The van der Waals surface area contributed by atoms with Gasteiger partial charge in [0.05, 0.1) is 0 Å². The summed E-state index contributed by atoms with van der Waals surface area (Å²) in [6.07, 6.45) is 2.84. The van der Waals surface area contributed by atoms with Crippen LogP contribution in [0.4, 0.5) is 0 Å². The molecule has 1 atom stereocenters. The van der Waals surface area contributed by atoms with Crippen LogP contribution >= 0.6 is 0 Å². The van der Waals surface area contributed by atoms with Crippen molar-refractivity contribution in [1.29, 1.82) is 0 Å². The zero-order chi connectivity index (χ0) is 10.6. The molecule has 0 spiro atoms. The Kier molecular flexibility index (Phi) is 4.90. The van der Waals surface area contributed by atoms with Crippen LogP contribution in [0.15, 0.2) is 0 Å². The van der Waals surface area contributed by atoms with Crippen molar-refractivity contribution in [3.8, 4) is 0 Å². The van der Waals surface area contributed by atoms with Crippen LogP contribution in [0.3, 0.4) is 0 Å². The fraction of sp³-hybridized carbons (Fsp3) is 1.00. The lowest BCUT2D eigenvalue weighted by molar-refractivity contribution is 0.271. The second-order valence-corrected chi connectivity index (χ2v) is 5.33. The molecule has 1 aliphatic rings. The molecule has 1 rings (SSSR count). The first-order valence-corrected chi connectivity index (χ1v) is 6.00. The van der Waals surface area contributed by atoms with Gasteiger partial charge in [-0.05, 0) is 44.8 Å². The standard InChI is InChI=1S/C12H26N2/c1-10(2)7-13-8-11(3)9-14(4)12-5-6-12/h10-13H,5-9H2,1-4H3. The van der Waals surface area contributed by atoms with Crippen LogP contribution in [-0.4, -0.2) is 37.6 Å². The van der Waals surface area contributed by atoms with Crippen LogP contribution in [0, 0.1) is 11.8 Å². The minimum atomic E-state index is 0.767. The largest absolute Gasteiger partial charge is 0.316 e. The molecule has 2 nitrogen and oxygen atoms in total. The molecule has 0 heterocycles. The lowest BCUT2D eigenvalue weighted by Crippen LogP contribution is -2.33. The van der Waals surface area contributed by atoms with Gasteiger partial charge in [-0.15, -0.1) is 0 Å². The van der Waals surface area contributed by atoms with E-state index in [4.69, 9.17) is 0 Å². The van der Waals surface area contributed by atoms with Gasteiger partial charge in [-0.2, -0.15) is 0 Å². The molecule has 0 aromatic heterocycles. The molecule has 0 radical (unpaired) electrons. The first-order chi connectivity index (χ1) is 6.59. The highest BCUT2D eigenvalue weighted by Gasteiger charge is 2.26. The van der Waals surface area contributed by atoms with Gasteiger partial charge in [-0.25, -0.2) is 0 Å². The lowest BCUT2D eigenvalue weighted by atomic mass is 10.1. The summed E-state index contributed by atoms with van der Waals surface area (Å²) in [5.74, 6) is 1.54. The molecule has 1 unspecified atom stereocenters. The highest BCUT2D eigenvalue weighted by molar-refractivity contribution is 4.83. The third-order valence-electron chi connectivity index (χ3n) is 2.82. The maximum Gasteiger partial charge on any atom is 0.00934 e. The predicted octanol–water partition coefficient (Wildman–Crippen LogP) is 1.96. The van der Waals surface area contributed by atoms with Crippen LogP contribution in [0.1, 0.15) is 33.6 Å². The van der Waals surface area contributed by atoms with Crippen molar-refractivity contribution in [2.24, 2.45) is 11.8 Å². The van der Waals surface area contributed by atoms with Crippen LogP contribution in [0.5, 0.6) is 0 Å². The van der Waals surface area contributed by atoms with Crippen LogP contribution < -0.4 is 5.32 Å². The average molecular weight is 198 g/mol. The summed E-state index contributed by atoms with van der Waals surface area (Å²) >= 11 is 0. The average Bonchev–Trinajstić information content (AvgIpc) is 2.84. The van der Waals surface area contributed by atoms with Gasteiger partial charge in [0.15, 0.2) is 0 Å². The molecule has 84 valence electrons. The third kappa shape index (κ3) is 4.97. The van der Waals surface area contributed by atoms with E-state index in [1.807, 2.05) is 0 Å². The Morgan fingerprint density at radius 3 is 2.36 bits per heavy atom. The monoisotopic (exact) mass is 198 g/mol. The van der Waals surface area contributed by atoms with Crippen molar-refractivity contribution < 1.29 is 0 Å². The minimum absolute atomic E-state index is 0.767. The number of nitrogens with zero attached hydrogens (tertiary/aromatic N) is 1. The van der Waals surface area contributed by atoms with Gasteiger partial charge in [-0.1, -0.05) is 20.8 Å². The molecule has 1 fully saturated rings. The number of nitrogens with one attached hydrogen (secondary N) is 1. The quantitative estimate of drug-likeness (QED) is 0.673. The molecule has 2 heteroatoms. The fourth-order valence-electron chi connectivity index (χ4n) is 1.84. The van der Waals surface area contributed by atoms with Gasteiger partial charge in [0.25, 0.3) is 0 Å². The molecule has 0 saturated heterocycles. The summed E-state index contributed by atoms with van der Waals surface area (Å²) in [7, 11) is 2.26. The smallest absolute Gasteiger partial charge is 0.00934 e. The Bertz CT molecular complexity index is 152. The number of hydrogen-bond donors (Lipinski definition) is 1. The van der Waals surface area contributed by atoms with Crippen molar-refractivity contribution in [1.82, 2.24) is 10.2 Å². The van der Waals surface area contributed by atoms with E-state index >= 15 is 0 Å². The van der Waals surface area contributed by atoms with Crippen molar-refractivity contribution >= 4 is 0 Å². The molecular weight excluding hydrogens is 172 g/mol. The number of rotatable bonds is 7. The zero-order valence-electron chi connectivity index (χ0n) is 10.2. The summed E-state index contributed by atoms with van der Waals surface area (Å²) in [4.78, 5) is 2.52. The van der Waals surface area contributed by atoms with Crippen LogP contribution in [-0.2, 0) is 0 Å². The Labute approximate surface area is 89.1 Å². The Balaban J connectivity index is 2.00. The summed E-state index contributed by atoms with van der Waals surface area (Å²) in [5, 5.41) is 3.52. The molecule has 0 aliphatic heterocycles. The van der Waals surface area contributed by atoms with Gasteiger partial charge >= 0.3 is 0 Å². The summed E-state index contributed by atoms with van der Waals surface area (Å²) < 4.78 is 0. The number of hydrogen-bond acceptors (Lipinski definition) is 2. The minimum Gasteiger partial charge on any atom is -0.316 e. The second-order valence-electron chi connectivity index (χ2n) is 5.33. The van der Waals surface area contributed by atoms with E-state index < -0.39 is 0 Å². The van der Waals surface area contributed by atoms with Crippen molar-refractivity contribution in [3.63, 3.8) is 0 Å². The van der Waals surface area contributed by atoms with Crippen molar-refractivity contribution in [2.75, 3.05) is 26.7 Å². The molecule has 0 bridgehead atoms. The van der Waals surface area contributed by atoms with E-state index in [-0.39, 0.29) is 0 Å². The van der Waals surface area contributed by atoms with Crippen LogP contribution in [0.25, 0.3) is 0 Å². The molecular formula is C12H26N2. The Hall–Kier alpha value is -0.0800. The van der Waals surface area contributed by atoms with E-state index in [0.717, 1.165) is 31.0 Å². The zero-order valence-corrected chi connectivity index (χ0v) is 10.2. The highest BCUT2D eigenvalue weighted by atomic mass is 15.2. The van der Waals surface area contributed by atoms with Gasteiger partial charge in [0, 0.05) is 12.6 Å². The lowest BCUT2D eigenvalue weighted by Gasteiger charge is -2.21. The third-order valence-corrected chi connectivity index (χ3v) is 2.82. The van der Waals surface area contributed by atoms with Crippen molar-refractivity contribution in [3.05, 3.63) is 0 Å². The van der Waals surface area contributed by atoms with E-state index in [0.29, 0.717) is 0 Å². The second kappa shape index (κ2) is 5.72. The topological polar surface area (TPSA) is 15.3 Å². The van der Waals surface area contributed by atoms with Gasteiger partial charge in [-0.3, -0.25) is 0 Å². The van der Waals surface area contributed by atoms with Gasteiger partial charge < -0.3 is 10.2 Å². The molecule has 1 saturated carbocycles. The van der Waals surface area contributed by atoms with E-state index in [1.165, 1.54) is 19.4 Å². The SMILES string of the molecule is CC(C)CNCC(C)CN(C)C1CC1. The predicted molar refractivity (Wildman–Crippen MR) is 62.5 cm³/mol. The fourth-order valence-corrected chi connectivity index (χ4v) is 1.84. The maximum atomic E-state index is 3.52. The summed E-state index contributed by atoms with van der Waals surface area (Å²) in [6, 6.07) is 0.905. The molecule has 0 amide bonds. The van der Waals surface area contributed by atoms with E-state index in [2.05, 4.69) is 38.0 Å². The van der Waals surface area contributed by atoms with Crippen LogP contribution in [0.2, 0.25) is 0 Å². The summed E-state index contributed by atoms with van der Waals surface area (Å²) in [6.45, 7) is 10.4. The molecule has 1 aliphatic carbocycles. The first kappa shape index (κ1) is 12.0. The van der Waals surface area contributed by atoms with Gasteiger partial charge in [0.2, 0.25) is 0 Å². The Morgan fingerprint density at radius 1 is 1.21 bits per heavy atom. The highest BCUT2D eigenvalue weighted by Crippen LogP contribution is 2.25. The maximum absolute atomic E-state index is 3.52. The van der Waals surface area contributed by atoms with Crippen molar-refractivity contribution in [2.45, 2.75) is 39.7 Å². The molecule has 1 N–H and O–H groups in total.